The van der Waals surface area contributed by atoms with Crippen LogP contribution in [0.3, 0.4) is 0 Å². The first-order valence-corrected chi connectivity index (χ1v) is 8.20. The van der Waals surface area contributed by atoms with Crippen molar-refractivity contribution in [1.82, 2.24) is 9.13 Å². The lowest BCUT2D eigenvalue weighted by molar-refractivity contribution is -0.116. The number of nitrogens with zero attached hydrogens (tertiary/aromatic N) is 3. The Morgan fingerprint density at radius 2 is 1.96 bits per heavy atom. The molecule has 0 saturated heterocycles. The highest BCUT2D eigenvalue weighted by molar-refractivity contribution is 7.16. The molecule has 0 saturated carbocycles. The number of nitriles is 1. The maximum Gasteiger partial charge on any atom is 0.329 e. The second kappa shape index (κ2) is 5.98. The quantitative estimate of drug-likeness (QED) is 0.795. The van der Waals surface area contributed by atoms with Crippen molar-refractivity contribution in [3.8, 4) is 6.07 Å². The van der Waals surface area contributed by atoms with Gasteiger partial charge in [0.25, 0.3) is 0 Å². The summed E-state index contributed by atoms with van der Waals surface area (Å²) >= 11 is 1.37. The van der Waals surface area contributed by atoms with E-state index in [2.05, 4.69) is 11.4 Å². The molecule has 1 N–H and O–H groups in total. The van der Waals surface area contributed by atoms with E-state index >= 15 is 0 Å². The number of benzene rings is 1. The molecule has 7 heteroatoms. The number of para-hydroxylation sites is 2. The third-order valence-electron chi connectivity index (χ3n) is 4.10. The molecule has 122 valence electrons. The van der Waals surface area contributed by atoms with E-state index in [1.54, 1.807) is 7.05 Å². The molecular weight excluding hydrogens is 324 g/mol. The molecule has 0 fully saturated rings. The Morgan fingerprint density at radius 1 is 1.29 bits per heavy atom. The molecule has 6 nitrogen and oxygen atoms in total. The van der Waals surface area contributed by atoms with Gasteiger partial charge in [0.15, 0.2) is 0 Å². The maximum atomic E-state index is 12.4. The summed E-state index contributed by atoms with van der Waals surface area (Å²) in [5, 5.41) is 12.5. The van der Waals surface area contributed by atoms with Gasteiger partial charge in [0.05, 0.1) is 16.6 Å². The summed E-state index contributed by atoms with van der Waals surface area (Å²) in [7, 11) is 1.68. The number of aryl methyl sites for hydroxylation is 2. The number of carbonyl (C=O) groups is 1. The van der Waals surface area contributed by atoms with Crippen molar-refractivity contribution in [2.24, 2.45) is 7.05 Å². The van der Waals surface area contributed by atoms with Crippen LogP contribution in [-0.4, -0.2) is 15.0 Å². The molecule has 1 amide bonds. The lowest BCUT2D eigenvalue weighted by atomic mass is 10.2. The van der Waals surface area contributed by atoms with Crippen molar-refractivity contribution in [1.29, 1.82) is 5.26 Å². The predicted octanol–water partition coefficient (Wildman–Crippen LogP) is 2.53. The number of imidazole rings is 1. The van der Waals surface area contributed by atoms with E-state index in [1.165, 1.54) is 20.5 Å². The van der Waals surface area contributed by atoms with Crippen LogP contribution in [0.25, 0.3) is 11.0 Å². The van der Waals surface area contributed by atoms with Gasteiger partial charge in [-0.05, 0) is 31.5 Å². The van der Waals surface area contributed by atoms with Crippen LogP contribution in [0.2, 0.25) is 0 Å². The van der Waals surface area contributed by atoms with Gasteiger partial charge in [-0.15, -0.1) is 11.3 Å². The average molecular weight is 340 g/mol. The van der Waals surface area contributed by atoms with Gasteiger partial charge >= 0.3 is 5.69 Å². The first-order valence-electron chi connectivity index (χ1n) is 7.38. The zero-order valence-corrected chi connectivity index (χ0v) is 14.4. The number of nitrogens with one attached hydrogen (secondary N) is 1. The molecule has 0 aliphatic rings. The zero-order chi connectivity index (χ0) is 17.4. The number of carbonyl (C=O) groups excluding carboxylic acids is 1. The highest BCUT2D eigenvalue weighted by atomic mass is 32.1. The van der Waals surface area contributed by atoms with Crippen LogP contribution in [-0.2, 0) is 18.4 Å². The number of anilines is 1. The summed E-state index contributed by atoms with van der Waals surface area (Å²) in [5.41, 5.74) is 2.59. The fourth-order valence-electron chi connectivity index (χ4n) is 2.68. The van der Waals surface area contributed by atoms with Crippen molar-refractivity contribution in [3.63, 3.8) is 0 Å². The van der Waals surface area contributed by atoms with Gasteiger partial charge in [0.1, 0.15) is 17.6 Å². The van der Waals surface area contributed by atoms with Crippen LogP contribution < -0.4 is 11.0 Å². The Morgan fingerprint density at radius 3 is 2.62 bits per heavy atom. The molecule has 0 unspecified atom stereocenters. The first kappa shape index (κ1) is 16.0. The summed E-state index contributed by atoms with van der Waals surface area (Å²) in [4.78, 5) is 25.7. The third-order valence-corrected chi connectivity index (χ3v) is 5.23. The number of rotatable bonds is 3. The number of thiophene rings is 1. The topological polar surface area (TPSA) is 79.8 Å². The molecule has 0 bridgehead atoms. The minimum absolute atomic E-state index is 0.0962. The van der Waals surface area contributed by atoms with E-state index in [0.717, 1.165) is 16.0 Å². The smallest absolute Gasteiger partial charge is 0.315 e. The van der Waals surface area contributed by atoms with Gasteiger partial charge in [0, 0.05) is 11.9 Å². The van der Waals surface area contributed by atoms with Crippen molar-refractivity contribution in [2.75, 3.05) is 5.32 Å². The molecule has 1 aromatic carbocycles. The highest BCUT2D eigenvalue weighted by Crippen LogP contribution is 2.31. The molecule has 2 heterocycles. The molecule has 3 rings (SSSR count). The van der Waals surface area contributed by atoms with Crippen molar-refractivity contribution in [2.45, 2.75) is 20.4 Å². The number of hydrogen-bond acceptors (Lipinski definition) is 4. The Labute approximate surface area is 142 Å². The normalized spacial score (nSPS) is 10.8. The van der Waals surface area contributed by atoms with Crippen LogP contribution in [0.15, 0.2) is 29.1 Å². The molecule has 0 radical (unpaired) electrons. The van der Waals surface area contributed by atoms with Gasteiger partial charge < -0.3 is 5.32 Å². The lowest BCUT2D eigenvalue weighted by Crippen LogP contribution is -2.28. The maximum absolute atomic E-state index is 12.4. The standard InChI is InChI=1S/C17H16N4O2S/c1-10-11(2)24-16(12(10)8-18)19-15(22)9-21-14-7-5-4-6-13(14)20(3)17(21)23/h4-7H,9H2,1-3H3,(H,19,22). The second-order valence-electron chi connectivity index (χ2n) is 5.56. The predicted molar refractivity (Wildman–Crippen MR) is 94.3 cm³/mol. The van der Waals surface area contributed by atoms with Crippen molar-refractivity contribution >= 4 is 33.3 Å². The Kier molecular flexibility index (Phi) is 3.99. The molecule has 3 aromatic rings. The largest absolute Gasteiger partial charge is 0.329 e. The Bertz CT molecular complexity index is 1050. The van der Waals surface area contributed by atoms with E-state index < -0.39 is 0 Å². The molecule has 24 heavy (non-hydrogen) atoms. The summed E-state index contributed by atoms with van der Waals surface area (Å²) < 4.78 is 2.95. The number of aromatic nitrogens is 2. The van der Waals surface area contributed by atoms with Crippen molar-refractivity contribution in [3.05, 3.63) is 50.8 Å². The Hall–Kier alpha value is -2.85. The fourth-order valence-corrected chi connectivity index (χ4v) is 3.70. The molecule has 0 aliphatic heterocycles. The van der Waals surface area contributed by atoms with Crippen LogP contribution in [0.4, 0.5) is 5.00 Å². The molecule has 0 spiro atoms. The van der Waals surface area contributed by atoms with E-state index in [-0.39, 0.29) is 18.1 Å². The monoisotopic (exact) mass is 340 g/mol. The third kappa shape index (κ3) is 2.51. The van der Waals surface area contributed by atoms with Crippen LogP contribution in [0.5, 0.6) is 0 Å². The van der Waals surface area contributed by atoms with E-state index in [4.69, 9.17) is 0 Å². The van der Waals surface area contributed by atoms with Crippen molar-refractivity contribution < 1.29 is 4.79 Å². The van der Waals surface area contributed by atoms with Gasteiger partial charge in [0.2, 0.25) is 5.91 Å². The summed E-state index contributed by atoms with van der Waals surface area (Å²) in [6, 6.07) is 9.45. The minimum Gasteiger partial charge on any atom is -0.315 e. The highest BCUT2D eigenvalue weighted by Gasteiger charge is 2.17. The summed E-state index contributed by atoms with van der Waals surface area (Å²) in [6.07, 6.45) is 0. The molecule has 0 atom stereocenters. The SMILES string of the molecule is Cc1sc(NC(=O)Cn2c(=O)n(C)c3ccccc32)c(C#N)c1C. The van der Waals surface area contributed by atoms with Crippen LogP contribution in [0, 0.1) is 25.2 Å². The average Bonchev–Trinajstić information content (AvgIpc) is 2.96. The summed E-state index contributed by atoms with van der Waals surface area (Å²) in [5.74, 6) is -0.328. The van der Waals surface area contributed by atoms with E-state index in [0.29, 0.717) is 16.1 Å². The molecule has 0 aliphatic carbocycles. The second-order valence-corrected chi connectivity index (χ2v) is 6.79. The van der Waals surface area contributed by atoms with Gasteiger partial charge in [-0.1, -0.05) is 12.1 Å². The lowest BCUT2D eigenvalue weighted by Gasteiger charge is -2.05. The number of amides is 1. The minimum atomic E-state index is -0.328. The number of hydrogen-bond donors (Lipinski definition) is 1. The zero-order valence-electron chi connectivity index (χ0n) is 13.6. The van der Waals surface area contributed by atoms with Crippen LogP contribution >= 0.6 is 11.3 Å². The van der Waals surface area contributed by atoms with E-state index in [1.807, 2.05) is 38.1 Å². The van der Waals surface area contributed by atoms with Gasteiger partial charge in [-0.2, -0.15) is 5.26 Å². The van der Waals surface area contributed by atoms with E-state index in [9.17, 15) is 14.9 Å². The van der Waals surface area contributed by atoms with Gasteiger partial charge in [-0.25, -0.2) is 4.79 Å². The fraction of sp³-hybridized carbons (Fsp3) is 0.235. The molecule has 2 aromatic heterocycles. The number of fused-ring (bicyclic) bond motifs is 1. The van der Waals surface area contributed by atoms with Gasteiger partial charge in [-0.3, -0.25) is 13.9 Å². The first-order chi connectivity index (χ1) is 11.4. The summed E-state index contributed by atoms with van der Waals surface area (Å²) in [6.45, 7) is 3.67. The van der Waals surface area contributed by atoms with Crippen LogP contribution in [0.1, 0.15) is 16.0 Å². The Balaban J connectivity index is 1.92. The molecular formula is C17H16N4O2S.